The van der Waals surface area contributed by atoms with Gasteiger partial charge in [-0.25, -0.2) is 13.2 Å². The number of fused-ring (bicyclic) bond motifs is 1. The standard InChI is InChI=1S/C10H11BrClN3O3S2/c11-9-7(12)3-8(19-9)20(17,18)14-1-2-15-6(5-14)4-13-10(15)16/h3,6H,1-2,4-5H2,(H,13,16). The Balaban J connectivity index is 1.84. The van der Waals surface area contributed by atoms with Gasteiger partial charge in [-0.05, 0) is 22.0 Å². The van der Waals surface area contributed by atoms with E-state index in [0.717, 1.165) is 11.3 Å². The van der Waals surface area contributed by atoms with E-state index in [1.807, 2.05) is 0 Å². The van der Waals surface area contributed by atoms with E-state index in [2.05, 4.69) is 21.2 Å². The molecule has 110 valence electrons. The van der Waals surface area contributed by atoms with Gasteiger partial charge in [-0.1, -0.05) is 11.6 Å². The summed E-state index contributed by atoms with van der Waals surface area (Å²) in [6.45, 7) is 1.52. The summed E-state index contributed by atoms with van der Waals surface area (Å²) in [5, 5.41) is 3.12. The number of rotatable bonds is 2. The predicted molar refractivity (Wildman–Crippen MR) is 79.7 cm³/mol. The third-order valence-electron chi connectivity index (χ3n) is 3.41. The lowest BCUT2D eigenvalue weighted by molar-refractivity contribution is 0.164. The minimum absolute atomic E-state index is 0.0927. The second-order valence-corrected chi connectivity index (χ2v) is 9.53. The number of hydrogen-bond donors (Lipinski definition) is 1. The molecule has 2 aliphatic heterocycles. The van der Waals surface area contributed by atoms with Crippen LogP contribution in [0.4, 0.5) is 4.79 Å². The molecule has 20 heavy (non-hydrogen) atoms. The molecule has 10 heteroatoms. The first-order chi connectivity index (χ1) is 9.39. The van der Waals surface area contributed by atoms with Crippen LogP contribution in [-0.2, 0) is 10.0 Å². The molecule has 0 aromatic carbocycles. The number of piperazine rings is 1. The van der Waals surface area contributed by atoms with Crippen molar-refractivity contribution >= 4 is 54.9 Å². The van der Waals surface area contributed by atoms with Crippen LogP contribution in [0.15, 0.2) is 14.1 Å². The Morgan fingerprint density at radius 2 is 2.20 bits per heavy atom. The van der Waals surface area contributed by atoms with Crippen molar-refractivity contribution in [2.45, 2.75) is 10.3 Å². The number of hydrogen-bond acceptors (Lipinski definition) is 4. The molecule has 2 aliphatic rings. The Kier molecular flexibility index (Phi) is 3.74. The summed E-state index contributed by atoms with van der Waals surface area (Å²) in [5.74, 6) is 0. The molecular formula is C10H11BrClN3O3S2. The van der Waals surface area contributed by atoms with E-state index in [1.54, 1.807) is 4.90 Å². The third-order valence-corrected chi connectivity index (χ3v) is 8.20. The highest BCUT2D eigenvalue weighted by Crippen LogP contribution is 2.36. The van der Waals surface area contributed by atoms with Crippen LogP contribution in [0.5, 0.6) is 0 Å². The number of carbonyl (C=O) groups excluding carboxylic acids is 1. The number of nitrogens with one attached hydrogen (secondary N) is 1. The fourth-order valence-corrected chi connectivity index (χ4v) is 6.40. The fourth-order valence-electron chi connectivity index (χ4n) is 2.37. The van der Waals surface area contributed by atoms with E-state index in [-0.39, 0.29) is 16.3 Å². The van der Waals surface area contributed by atoms with Crippen LogP contribution >= 0.6 is 38.9 Å². The monoisotopic (exact) mass is 399 g/mol. The molecule has 3 rings (SSSR count). The number of thiophene rings is 1. The van der Waals surface area contributed by atoms with Gasteiger partial charge < -0.3 is 10.2 Å². The molecule has 2 amide bonds. The van der Waals surface area contributed by atoms with Crippen molar-refractivity contribution in [3.63, 3.8) is 0 Å². The zero-order valence-corrected chi connectivity index (χ0v) is 14.1. The first-order valence-corrected chi connectivity index (χ1v) is 9.32. The Hall–Kier alpha value is -0.350. The van der Waals surface area contributed by atoms with Crippen LogP contribution in [0.2, 0.25) is 5.02 Å². The van der Waals surface area contributed by atoms with E-state index in [0.29, 0.717) is 35.0 Å². The highest BCUT2D eigenvalue weighted by molar-refractivity contribution is 9.11. The molecule has 1 aromatic heterocycles. The van der Waals surface area contributed by atoms with Crippen LogP contribution in [0.3, 0.4) is 0 Å². The largest absolute Gasteiger partial charge is 0.336 e. The minimum atomic E-state index is -3.55. The summed E-state index contributed by atoms with van der Waals surface area (Å²) in [6.07, 6.45) is 0. The zero-order chi connectivity index (χ0) is 14.5. The highest BCUT2D eigenvalue weighted by Gasteiger charge is 2.40. The number of urea groups is 1. The van der Waals surface area contributed by atoms with Crippen LogP contribution < -0.4 is 5.32 Å². The Bertz CT molecular complexity index is 643. The molecule has 1 unspecified atom stereocenters. The molecular weight excluding hydrogens is 390 g/mol. The zero-order valence-electron chi connectivity index (χ0n) is 10.2. The second-order valence-electron chi connectivity index (χ2n) is 4.58. The van der Waals surface area contributed by atoms with E-state index < -0.39 is 10.0 Å². The molecule has 0 aliphatic carbocycles. The summed E-state index contributed by atoms with van der Waals surface area (Å²) in [7, 11) is -3.55. The molecule has 0 saturated carbocycles. The first kappa shape index (κ1) is 14.6. The summed E-state index contributed by atoms with van der Waals surface area (Å²) in [5.41, 5.74) is 0. The van der Waals surface area contributed by atoms with Crippen molar-refractivity contribution in [1.82, 2.24) is 14.5 Å². The molecule has 1 N–H and O–H groups in total. The van der Waals surface area contributed by atoms with Gasteiger partial charge in [0, 0.05) is 26.2 Å². The van der Waals surface area contributed by atoms with Gasteiger partial charge in [-0.15, -0.1) is 11.3 Å². The first-order valence-electron chi connectivity index (χ1n) is 5.89. The average Bonchev–Trinajstić information content (AvgIpc) is 2.94. The van der Waals surface area contributed by atoms with Gasteiger partial charge in [0.15, 0.2) is 0 Å². The highest BCUT2D eigenvalue weighted by atomic mass is 79.9. The lowest BCUT2D eigenvalue weighted by atomic mass is 10.2. The van der Waals surface area contributed by atoms with Crippen molar-refractivity contribution < 1.29 is 13.2 Å². The van der Waals surface area contributed by atoms with Crippen LogP contribution in [0, 0.1) is 0 Å². The van der Waals surface area contributed by atoms with Gasteiger partial charge in [0.25, 0.3) is 10.0 Å². The number of amides is 2. The molecule has 0 bridgehead atoms. The normalized spacial score (nSPS) is 23.8. The Morgan fingerprint density at radius 3 is 2.85 bits per heavy atom. The number of sulfonamides is 1. The van der Waals surface area contributed by atoms with Crippen molar-refractivity contribution in [3.05, 3.63) is 14.9 Å². The lowest BCUT2D eigenvalue weighted by Crippen LogP contribution is -2.53. The molecule has 2 saturated heterocycles. The SMILES string of the molecule is O=C1NCC2CN(S(=O)(=O)c3cc(Cl)c(Br)s3)CCN12. The van der Waals surface area contributed by atoms with Gasteiger partial charge in [-0.2, -0.15) is 4.31 Å². The second kappa shape index (κ2) is 5.13. The molecule has 3 heterocycles. The number of carbonyl (C=O) groups is 1. The quantitative estimate of drug-likeness (QED) is 0.819. The Morgan fingerprint density at radius 1 is 1.45 bits per heavy atom. The van der Waals surface area contributed by atoms with E-state index in [9.17, 15) is 13.2 Å². The van der Waals surface area contributed by atoms with Gasteiger partial charge in [0.2, 0.25) is 0 Å². The number of halogens is 2. The van der Waals surface area contributed by atoms with E-state index in [4.69, 9.17) is 11.6 Å². The maximum Gasteiger partial charge on any atom is 0.317 e. The summed E-state index contributed by atoms with van der Waals surface area (Å²) >= 11 is 10.2. The summed E-state index contributed by atoms with van der Waals surface area (Å²) in [4.78, 5) is 13.2. The molecule has 1 aromatic rings. The lowest BCUT2D eigenvalue weighted by Gasteiger charge is -2.35. The van der Waals surface area contributed by atoms with Crippen LogP contribution in [0.1, 0.15) is 0 Å². The summed E-state index contributed by atoms with van der Waals surface area (Å²) in [6, 6.07) is 1.25. The number of nitrogens with zero attached hydrogens (tertiary/aromatic N) is 2. The van der Waals surface area contributed by atoms with E-state index >= 15 is 0 Å². The summed E-state index contributed by atoms with van der Waals surface area (Å²) < 4.78 is 27.4. The van der Waals surface area contributed by atoms with Crippen LogP contribution in [0.25, 0.3) is 0 Å². The van der Waals surface area contributed by atoms with Crippen LogP contribution in [-0.4, -0.2) is 55.9 Å². The van der Waals surface area contributed by atoms with Gasteiger partial charge in [0.1, 0.15) is 4.21 Å². The molecule has 0 radical (unpaired) electrons. The van der Waals surface area contributed by atoms with Crippen molar-refractivity contribution in [2.24, 2.45) is 0 Å². The molecule has 2 fully saturated rings. The maximum atomic E-state index is 12.6. The van der Waals surface area contributed by atoms with Gasteiger partial charge >= 0.3 is 6.03 Å². The maximum absolute atomic E-state index is 12.6. The fraction of sp³-hybridized carbons (Fsp3) is 0.500. The van der Waals surface area contributed by atoms with Crippen molar-refractivity contribution in [3.8, 4) is 0 Å². The third kappa shape index (κ3) is 2.35. The molecule has 6 nitrogen and oxygen atoms in total. The molecule has 1 atom stereocenters. The average molecular weight is 401 g/mol. The minimum Gasteiger partial charge on any atom is -0.336 e. The van der Waals surface area contributed by atoms with Crippen molar-refractivity contribution in [1.29, 1.82) is 0 Å². The van der Waals surface area contributed by atoms with E-state index in [1.165, 1.54) is 10.4 Å². The molecule has 0 spiro atoms. The van der Waals surface area contributed by atoms with Crippen molar-refractivity contribution in [2.75, 3.05) is 26.2 Å². The van der Waals surface area contributed by atoms with Gasteiger partial charge in [0.05, 0.1) is 14.9 Å². The van der Waals surface area contributed by atoms with Gasteiger partial charge in [-0.3, -0.25) is 0 Å². The topological polar surface area (TPSA) is 69.7 Å². The predicted octanol–water partition coefficient (Wildman–Crippen LogP) is 1.56. The Labute approximate surface area is 133 Å². The smallest absolute Gasteiger partial charge is 0.317 e.